The molecule has 0 aromatic heterocycles. The van der Waals surface area contributed by atoms with E-state index in [0.29, 0.717) is 38.2 Å². The Balaban J connectivity index is 1.55. The lowest BCUT2D eigenvalue weighted by atomic mass is 10.1. The van der Waals surface area contributed by atoms with E-state index >= 15 is 0 Å². The van der Waals surface area contributed by atoms with Crippen LogP contribution in [0.3, 0.4) is 0 Å². The van der Waals surface area contributed by atoms with Gasteiger partial charge in [0, 0.05) is 31.7 Å². The first-order valence-electron chi connectivity index (χ1n) is 8.72. The lowest BCUT2D eigenvalue weighted by molar-refractivity contribution is -0.131. The standard InChI is InChI=1S/C21H24N2O2/c1-16-6-8-19(9-7-16)21(25)23-12-10-22(11-13-23)20(24)15-18-5-3-4-17(2)14-18/h3-9,14H,10-13,15H2,1-2H3. The van der Waals surface area contributed by atoms with Gasteiger partial charge in [0.15, 0.2) is 0 Å². The van der Waals surface area contributed by atoms with Crippen LogP contribution in [-0.4, -0.2) is 47.8 Å². The number of aryl methyl sites for hydroxylation is 2. The molecule has 0 spiro atoms. The van der Waals surface area contributed by atoms with Gasteiger partial charge in [-0.05, 0) is 31.5 Å². The van der Waals surface area contributed by atoms with Crippen molar-refractivity contribution in [2.75, 3.05) is 26.2 Å². The monoisotopic (exact) mass is 336 g/mol. The number of rotatable bonds is 3. The van der Waals surface area contributed by atoms with E-state index in [-0.39, 0.29) is 11.8 Å². The van der Waals surface area contributed by atoms with Crippen LogP contribution in [0.15, 0.2) is 48.5 Å². The van der Waals surface area contributed by atoms with E-state index in [1.165, 1.54) is 5.56 Å². The van der Waals surface area contributed by atoms with Crippen LogP contribution in [0.25, 0.3) is 0 Å². The predicted molar refractivity (Wildman–Crippen MR) is 98.5 cm³/mol. The summed E-state index contributed by atoms with van der Waals surface area (Å²) in [5.74, 6) is 0.179. The van der Waals surface area contributed by atoms with Crippen molar-refractivity contribution in [1.82, 2.24) is 9.80 Å². The highest BCUT2D eigenvalue weighted by Gasteiger charge is 2.24. The van der Waals surface area contributed by atoms with E-state index in [2.05, 4.69) is 6.07 Å². The summed E-state index contributed by atoms with van der Waals surface area (Å²) in [4.78, 5) is 28.7. The third-order valence-electron chi connectivity index (χ3n) is 4.66. The summed E-state index contributed by atoms with van der Waals surface area (Å²) in [6.07, 6.45) is 0.424. The minimum absolute atomic E-state index is 0.0470. The Bertz CT molecular complexity index is 760. The van der Waals surface area contributed by atoms with Gasteiger partial charge in [-0.3, -0.25) is 9.59 Å². The Kier molecular flexibility index (Phi) is 5.17. The number of piperazine rings is 1. The summed E-state index contributed by atoms with van der Waals surface area (Å²) in [7, 11) is 0. The average Bonchev–Trinajstić information content (AvgIpc) is 2.62. The van der Waals surface area contributed by atoms with Crippen LogP contribution in [0.1, 0.15) is 27.0 Å². The molecule has 3 rings (SSSR count). The minimum Gasteiger partial charge on any atom is -0.339 e. The van der Waals surface area contributed by atoms with Crippen LogP contribution < -0.4 is 0 Å². The minimum atomic E-state index is 0.0470. The fourth-order valence-corrected chi connectivity index (χ4v) is 3.15. The summed E-state index contributed by atoms with van der Waals surface area (Å²) in [6, 6.07) is 15.7. The molecular formula is C21H24N2O2. The normalized spacial score (nSPS) is 14.5. The molecule has 1 aliphatic heterocycles. The van der Waals surface area contributed by atoms with E-state index in [1.807, 2.05) is 66.1 Å². The first kappa shape index (κ1) is 17.2. The van der Waals surface area contributed by atoms with Crippen molar-refractivity contribution in [1.29, 1.82) is 0 Å². The van der Waals surface area contributed by atoms with Gasteiger partial charge in [-0.15, -0.1) is 0 Å². The quantitative estimate of drug-likeness (QED) is 0.865. The van der Waals surface area contributed by atoms with Gasteiger partial charge in [0.1, 0.15) is 0 Å². The Morgan fingerprint density at radius 2 is 1.48 bits per heavy atom. The van der Waals surface area contributed by atoms with Crippen LogP contribution in [0, 0.1) is 13.8 Å². The molecule has 1 saturated heterocycles. The topological polar surface area (TPSA) is 40.6 Å². The molecule has 1 fully saturated rings. The lowest BCUT2D eigenvalue weighted by Crippen LogP contribution is -2.51. The fourth-order valence-electron chi connectivity index (χ4n) is 3.15. The first-order valence-corrected chi connectivity index (χ1v) is 8.72. The number of benzene rings is 2. The maximum atomic E-state index is 12.5. The van der Waals surface area contributed by atoms with E-state index in [9.17, 15) is 9.59 Å². The molecule has 1 heterocycles. The number of amides is 2. The van der Waals surface area contributed by atoms with Gasteiger partial charge in [0.2, 0.25) is 5.91 Å². The van der Waals surface area contributed by atoms with Crippen LogP contribution in [0.4, 0.5) is 0 Å². The number of hydrogen-bond acceptors (Lipinski definition) is 2. The number of nitrogens with zero attached hydrogens (tertiary/aromatic N) is 2. The smallest absolute Gasteiger partial charge is 0.253 e. The molecule has 0 aliphatic carbocycles. The number of carbonyl (C=O) groups excluding carboxylic acids is 2. The third-order valence-corrected chi connectivity index (χ3v) is 4.66. The largest absolute Gasteiger partial charge is 0.339 e. The van der Waals surface area contributed by atoms with Crippen molar-refractivity contribution in [3.63, 3.8) is 0 Å². The van der Waals surface area contributed by atoms with Gasteiger partial charge in [0.05, 0.1) is 6.42 Å². The maximum absolute atomic E-state index is 12.5. The molecule has 25 heavy (non-hydrogen) atoms. The highest BCUT2D eigenvalue weighted by atomic mass is 16.2. The molecule has 2 amide bonds. The lowest BCUT2D eigenvalue weighted by Gasteiger charge is -2.35. The molecule has 4 nitrogen and oxygen atoms in total. The summed E-state index contributed by atoms with van der Waals surface area (Å²) in [5.41, 5.74) is 4.07. The van der Waals surface area contributed by atoms with Crippen molar-refractivity contribution in [2.45, 2.75) is 20.3 Å². The second-order valence-corrected chi connectivity index (χ2v) is 6.70. The van der Waals surface area contributed by atoms with Crippen molar-refractivity contribution in [2.24, 2.45) is 0 Å². The van der Waals surface area contributed by atoms with Crippen molar-refractivity contribution in [3.8, 4) is 0 Å². The SMILES string of the molecule is Cc1ccc(C(=O)N2CCN(C(=O)Cc3cccc(C)c3)CC2)cc1. The third kappa shape index (κ3) is 4.27. The molecule has 4 heteroatoms. The zero-order valence-electron chi connectivity index (χ0n) is 14.9. The average molecular weight is 336 g/mol. The molecular weight excluding hydrogens is 312 g/mol. The Morgan fingerprint density at radius 1 is 0.840 bits per heavy atom. The molecule has 2 aromatic rings. The zero-order chi connectivity index (χ0) is 17.8. The molecule has 0 saturated carbocycles. The summed E-state index contributed by atoms with van der Waals surface area (Å²) >= 11 is 0. The maximum Gasteiger partial charge on any atom is 0.253 e. The molecule has 1 aliphatic rings. The van der Waals surface area contributed by atoms with E-state index in [4.69, 9.17) is 0 Å². The van der Waals surface area contributed by atoms with Crippen molar-refractivity contribution >= 4 is 11.8 Å². The second-order valence-electron chi connectivity index (χ2n) is 6.70. The van der Waals surface area contributed by atoms with Gasteiger partial charge < -0.3 is 9.80 Å². The van der Waals surface area contributed by atoms with Gasteiger partial charge in [0.25, 0.3) is 5.91 Å². The van der Waals surface area contributed by atoms with Gasteiger partial charge >= 0.3 is 0 Å². The van der Waals surface area contributed by atoms with E-state index in [0.717, 1.165) is 11.1 Å². The zero-order valence-corrected chi connectivity index (χ0v) is 14.9. The summed E-state index contributed by atoms with van der Waals surface area (Å²) in [5, 5.41) is 0. The fraction of sp³-hybridized carbons (Fsp3) is 0.333. The molecule has 0 radical (unpaired) electrons. The first-order chi connectivity index (χ1) is 12.0. The van der Waals surface area contributed by atoms with Crippen LogP contribution in [-0.2, 0) is 11.2 Å². The number of hydrogen-bond donors (Lipinski definition) is 0. The van der Waals surface area contributed by atoms with Crippen LogP contribution in [0.5, 0.6) is 0 Å². The Labute approximate surface area is 149 Å². The molecule has 0 bridgehead atoms. The molecule has 0 atom stereocenters. The highest BCUT2D eigenvalue weighted by Crippen LogP contribution is 2.12. The summed E-state index contributed by atoms with van der Waals surface area (Å²) < 4.78 is 0. The summed E-state index contributed by atoms with van der Waals surface area (Å²) in [6.45, 7) is 6.42. The van der Waals surface area contributed by atoms with Crippen molar-refractivity contribution in [3.05, 3.63) is 70.8 Å². The van der Waals surface area contributed by atoms with E-state index < -0.39 is 0 Å². The Hall–Kier alpha value is -2.62. The molecule has 0 unspecified atom stereocenters. The molecule has 0 N–H and O–H groups in total. The molecule has 2 aromatic carbocycles. The van der Waals surface area contributed by atoms with E-state index in [1.54, 1.807) is 0 Å². The number of carbonyl (C=O) groups is 2. The Morgan fingerprint density at radius 3 is 2.12 bits per heavy atom. The van der Waals surface area contributed by atoms with Crippen LogP contribution in [0.2, 0.25) is 0 Å². The van der Waals surface area contributed by atoms with Gasteiger partial charge in [-0.1, -0.05) is 47.5 Å². The predicted octanol–water partition coefficient (Wildman–Crippen LogP) is 2.83. The van der Waals surface area contributed by atoms with Gasteiger partial charge in [-0.25, -0.2) is 0 Å². The second kappa shape index (κ2) is 7.51. The van der Waals surface area contributed by atoms with Crippen LogP contribution >= 0.6 is 0 Å². The van der Waals surface area contributed by atoms with Crippen molar-refractivity contribution < 1.29 is 9.59 Å². The molecule has 130 valence electrons. The highest BCUT2D eigenvalue weighted by molar-refractivity contribution is 5.94. The van der Waals surface area contributed by atoms with Gasteiger partial charge in [-0.2, -0.15) is 0 Å².